The lowest BCUT2D eigenvalue weighted by Crippen LogP contribution is -2.39. The number of carbonyl (C=O) groups is 2. The van der Waals surface area contributed by atoms with E-state index < -0.39 is 5.97 Å². The number of ether oxygens (including phenoxy) is 5. The van der Waals surface area contributed by atoms with Gasteiger partial charge >= 0.3 is 11.9 Å². The lowest BCUT2D eigenvalue weighted by Gasteiger charge is -2.29. The summed E-state index contributed by atoms with van der Waals surface area (Å²) in [6.07, 6.45) is 21.7. The van der Waals surface area contributed by atoms with Crippen molar-refractivity contribution in [3.63, 3.8) is 0 Å². The van der Waals surface area contributed by atoms with Gasteiger partial charge in [0, 0.05) is 39.2 Å². The maximum absolute atomic E-state index is 13.0. The third kappa shape index (κ3) is 23.1. The molecule has 1 N–H and O–H groups in total. The molecule has 2 unspecified atom stereocenters. The van der Waals surface area contributed by atoms with Gasteiger partial charge < -0.3 is 33.7 Å². The van der Waals surface area contributed by atoms with Crippen molar-refractivity contribution in [2.24, 2.45) is 0 Å². The lowest BCUT2D eigenvalue weighted by atomic mass is 10.1. The van der Waals surface area contributed by atoms with Crippen LogP contribution in [0.25, 0.3) is 6.08 Å². The van der Waals surface area contributed by atoms with Gasteiger partial charge in [0.25, 0.3) is 0 Å². The second-order valence-electron chi connectivity index (χ2n) is 14.2. The summed E-state index contributed by atoms with van der Waals surface area (Å²) >= 11 is 0. The summed E-state index contributed by atoms with van der Waals surface area (Å²) in [5.41, 5.74) is 0.642. The molecular weight excluding hydrogens is 660 g/mol. The van der Waals surface area contributed by atoms with Gasteiger partial charge in [-0.25, -0.2) is 4.79 Å². The fourth-order valence-electron chi connectivity index (χ4n) is 6.16. The molecule has 0 saturated carbocycles. The van der Waals surface area contributed by atoms with Gasteiger partial charge in [-0.1, -0.05) is 90.9 Å². The summed E-state index contributed by atoms with van der Waals surface area (Å²) in [6, 6.07) is 3.37. The Balaban J connectivity index is 2.75. The normalized spacial score (nSPS) is 12.8. The maximum atomic E-state index is 13.0. The molecule has 1 aromatic carbocycles. The van der Waals surface area contributed by atoms with Gasteiger partial charge in [0.1, 0.15) is 0 Å². The highest BCUT2D eigenvalue weighted by atomic mass is 16.6. The Hall–Kier alpha value is -2.66. The minimum Gasteiger partial charge on any atom is -0.493 e. The lowest BCUT2D eigenvalue weighted by molar-refractivity contribution is -0.138. The molecule has 0 bridgehead atoms. The highest BCUT2D eigenvalue weighted by Crippen LogP contribution is 2.39. The number of carbonyl (C=O) groups excluding carboxylic acids is 2. The maximum Gasteiger partial charge on any atom is 0.330 e. The van der Waals surface area contributed by atoms with Crippen LogP contribution in [0.15, 0.2) is 18.2 Å². The van der Waals surface area contributed by atoms with Crippen LogP contribution in [-0.2, 0) is 19.1 Å². The molecule has 0 fully saturated rings. The number of rotatable bonds is 33. The summed E-state index contributed by atoms with van der Waals surface area (Å²) in [5.74, 6) is 0.0409. The SMILES string of the molecule is CCCCCCCCC(O)CN(CCCCC(=O)Oc1c(OC)cc(/C=C/C(=O)OCCCN(C)C)cc1OC)CC(CCCCCCCC)OC. The van der Waals surface area contributed by atoms with E-state index in [1.54, 1.807) is 25.3 Å². The number of nitrogens with zero attached hydrogens (tertiary/aromatic N) is 2. The summed E-state index contributed by atoms with van der Waals surface area (Å²) in [4.78, 5) is 29.5. The van der Waals surface area contributed by atoms with E-state index in [9.17, 15) is 14.7 Å². The van der Waals surface area contributed by atoms with Crippen molar-refractivity contribution in [2.75, 3.05) is 68.2 Å². The molecule has 2 atom stereocenters. The first kappa shape index (κ1) is 47.4. The number of methoxy groups -OCH3 is 3. The van der Waals surface area contributed by atoms with Crippen molar-refractivity contribution in [1.29, 1.82) is 0 Å². The number of hydrogen-bond donors (Lipinski definition) is 1. The number of esters is 2. The second-order valence-corrected chi connectivity index (χ2v) is 14.2. The topological polar surface area (TPSA) is 107 Å². The Kier molecular flexibility index (Phi) is 28.0. The second kappa shape index (κ2) is 30.8. The molecule has 10 heteroatoms. The van der Waals surface area contributed by atoms with Gasteiger partial charge in [-0.15, -0.1) is 0 Å². The standard InChI is InChI=1S/C42H74N2O8/c1-8-10-12-14-16-18-23-36(45)33-44(34-37(48-5)24-19-17-15-13-11-9-2)29-21-20-25-41(47)52-42-38(49-6)31-35(32-39(42)50-7)26-27-40(46)51-30-22-28-43(3)4/h26-27,31-32,36-37,45H,8-25,28-30,33-34H2,1-7H3/b27-26+. The molecule has 0 aliphatic carbocycles. The first-order valence-corrected chi connectivity index (χ1v) is 20.1. The third-order valence-corrected chi connectivity index (χ3v) is 9.24. The first-order chi connectivity index (χ1) is 25.2. The van der Waals surface area contributed by atoms with Crippen LogP contribution in [0, 0.1) is 0 Å². The first-order valence-electron chi connectivity index (χ1n) is 20.1. The number of aliphatic hydroxyl groups excluding tert-OH is 1. The van der Waals surface area contributed by atoms with Gasteiger partial charge in [0.2, 0.25) is 5.75 Å². The molecule has 0 radical (unpaired) electrons. The van der Waals surface area contributed by atoms with Gasteiger partial charge in [-0.2, -0.15) is 0 Å². The summed E-state index contributed by atoms with van der Waals surface area (Å²) in [6.45, 7) is 7.79. The van der Waals surface area contributed by atoms with E-state index in [4.69, 9.17) is 23.7 Å². The van der Waals surface area contributed by atoms with Crippen molar-refractivity contribution in [1.82, 2.24) is 9.80 Å². The van der Waals surface area contributed by atoms with E-state index in [-0.39, 0.29) is 30.3 Å². The zero-order valence-corrected chi connectivity index (χ0v) is 33.9. The fourth-order valence-corrected chi connectivity index (χ4v) is 6.16. The summed E-state index contributed by atoms with van der Waals surface area (Å²) in [7, 11) is 8.72. The number of unbranched alkanes of at least 4 members (excludes halogenated alkanes) is 11. The molecular formula is C42H74N2O8. The van der Waals surface area contributed by atoms with Crippen molar-refractivity contribution in [3.05, 3.63) is 23.8 Å². The average molecular weight is 735 g/mol. The highest BCUT2D eigenvalue weighted by molar-refractivity contribution is 5.87. The van der Waals surface area contributed by atoms with E-state index in [0.29, 0.717) is 36.6 Å². The molecule has 0 aliphatic heterocycles. The number of hydrogen-bond acceptors (Lipinski definition) is 10. The minimum absolute atomic E-state index is 0.119. The summed E-state index contributed by atoms with van der Waals surface area (Å²) < 4.78 is 28.0. The van der Waals surface area contributed by atoms with Gasteiger partial charge in [0.15, 0.2) is 11.5 Å². The van der Waals surface area contributed by atoms with Crippen LogP contribution in [0.1, 0.15) is 135 Å². The van der Waals surface area contributed by atoms with Gasteiger partial charge in [-0.3, -0.25) is 9.69 Å². The molecule has 0 spiro atoms. The smallest absolute Gasteiger partial charge is 0.330 e. The largest absolute Gasteiger partial charge is 0.493 e. The summed E-state index contributed by atoms with van der Waals surface area (Å²) in [5, 5.41) is 10.9. The van der Waals surface area contributed by atoms with Crippen LogP contribution < -0.4 is 14.2 Å². The van der Waals surface area contributed by atoms with E-state index in [1.165, 1.54) is 84.5 Å². The third-order valence-electron chi connectivity index (χ3n) is 9.24. The Morgan fingerprint density at radius 1 is 0.750 bits per heavy atom. The quantitative estimate of drug-likeness (QED) is 0.0327. The van der Waals surface area contributed by atoms with Crippen molar-refractivity contribution >= 4 is 18.0 Å². The average Bonchev–Trinajstić information content (AvgIpc) is 3.13. The predicted molar refractivity (Wildman–Crippen MR) is 211 cm³/mol. The monoisotopic (exact) mass is 735 g/mol. The van der Waals surface area contributed by atoms with E-state index in [2.05, 4.69) is 18.7 Å². The number of benzene rings is 1. The van der Waals surface area contributed by atoms with Crippen LogP contribution in [-0.4, -0.2) is 107 Å². The van der Waals surface area contributed by atoms with E-state index in [1.807, 2.05) is 19.0 Å². The highest BCUT2D eigenvalue weighted by Gasteiger charge is 2.20. The molecule has 0 aliphatic rings. The van der Waals surface area contributed by atoms with Crippen molar-refractivity contribution in [2.45, 2.75) is 142 Å². The Labute approximate surface area is 316 Å². The van der Waals surface area contributed by atoms with Gasteiger partial charge in [0.05, 0.1) is 33.0 Å². The minimum atomic E-state index is -0.436. The molecule has 1 aromatic rings. The number of aliphatic hydroxyl groups is 1. The van der Waals surface area contributed by atoms with Crippen LogP contribution >= 0.6 is 0 Å². The van der Waals surface area contributed by atoms with Gasteiger partial charge in [-0.05, 0) is 76.5 Å². The molecule has 0 amide bonds. The Morgan fingerprint density at radius 3 is 1.92 bits per heavy atom. The molecule has 0 aromatic heterocycles. The van der Waals surface area contributed by atoms with Crippen LogP contribution in [0.4, 0.5) is 0 Å². The Morgan fingerprint density at radius 2 is 1.35 bits per heavy atom. The molecule has 0 saturated heterocycles. The van der Waals surface area contributed by atoms with E-state index >= 15 is 0 Å². The molecule has 1 rings (SSSR count). The molecule has 10 nitrogen and oxygen atoms in total. The van der Waals surface area contributed by atoms with E-state index in [0.717, 1.165) is 58.2 Å². The zero-order valence-electron chi connectivity index (χ0n) is 33.9. The Bertz CT molecular complexity index is 1070. The van der Waals surface area contributed by atoms with Crippen LogP contribution in [0.2, 0.25) is 0 Å². The fraction of sp³-hybridized carbons (Fsp3) is 0.762. The zero-order chi connectivity index (χ0) is 38.4. The molecule has 300 valence electrons. The van der Waals surface area contributed by atoms with Crippen LogP contribution in [0.3, 0.4) is 0 Å². The molecule has 52 heavy (non-hydrogen) atoms. The predicted octanol–water partition coefficient (Wildman–Crippen LogP) is 8.47. The van der Waals surface area contributed by atoms with Crippen molar-refractivity contribution < 1.29 is 38.4 Å². The molecule has 0 heterocycles. The van der Waals surface area contributed by atoms with Crippen LogP contribution in [0.5, 0.6) is 17.2 Å². The van der Waals surface area contributed by atoms with Crippen molar-refractivity contribution in [3.8, 4) is 17.2 Å².